The number of hydrogen-bond donors (Lipinski definition) is 0. The molecule has 4 aromatic rings. The van der Waals surface area contributed by atoms with Crippen molar-refractivity contribution >= 4 is 49.0 Å². The van der Waals surface area contributed by atoms with Crippen LogP contribution in [0.3, 0.4) is 0 Å². The van der Waals surface area contributed by atoms with Gasteiger partial charge in [0.25, 0.3) is 5.56 Å². The van der Waals surface area contributed by atoms with Gasteiger partial charge in [0.05, 0.1) is 28.2 Å². The second-order valence-electron chi connectivity index (χ2n) is 9.37. The lowest BCUT2D eigenvalue weighted by atomic mass is 9.88. The average molecular weight is 639 g/mol. The maximum absolute atomic E-state index is 13.6. The van der Waals surface area contributed by atoms with Crippen LogP contribution >= 0.6 is 31.9 Å². The third-order valence-electron chi connectivity index (χ3n) is 6.68. The first-order valence-corrected chi connectivity index (χ1v) is 14.5. The lowest BCUT2D eigenvalue weighted by Gasteiger charge is -2.22. The van der Waals surface area contributed by atoms with Gasteiger partial charge in [0.2, 0.25) is 0 Å². The molecule has 0 radical (unpaired) electrons. The van der Waals surface area contributed by atoms with Crippen LogP contribution in [0.4, 0.5) is 0 Å². The summed E-state index contributed by atoms with van der Waals surface area (Å²) in [7, 11) is 0. The molecule has 1 saturated carbocycles. The highest BCUT2D eigenvalue weighted by atomic mass is 79.9. The Morgan fingerprint density at radius 3 is 2.58 bits per heavy atom. The van der Waals surface area contributed by atoms with Gasteiger partial charge in [-0.15, -0.1) is 0 Å². The minimum absolute atomic E-state index is 0.167. The molecule has 0 N–H and O–H groups in total. The fourth-order valence-corrected chi connectivity index (χ4v) is 5.76. The van der Waals surface area contributed by atoms with Gasteiger partial charge < -0.3 is 9.47 Å². The maximum atomic E-state index is 13.6. The second kappa shape index (κ2) is 12.3. The van der Waals surface area contributed by atoms with E-state index in [0.29, 0.717) is 35.6 Å². The molecular weight excluding hydrogens is 610 g/mol. The Bertz CT molecular complexity index is 1510. The van der Waals surface area contributed by atoms with E-state index in [4.69, 9.17) is 14.5 Å². The molecule has 1 aliphatic carbocycles. The van der Waals surface area contributed by atoms with Crippen LogP contribution in [0, 0.1) is 0 Å². The molecule has 1 fully saturated rings. The molecule has 8 heteroatoms. The average Bonchev–Trinajstić information content (AvgIpc) is 2.93. The molecule has 38 heavy (non-hydrogen) atoms. The standard InChI is InChI=1S/C30H29Br2N3O3/c1-2-37-27-16-21(15-25(32)28(27)38-19-20-9-5-3-6-10-20)18-33-35-29(22-11-7-4-8-12-22)34-26-14-13-23(31)17-24(26)30(35)36/h3,5-6,9-10,13-18,22H,2,4,7-8,11-12,19H2,1H3. The highest BCUT2D eigenvalue weighted by Gasteiger charge is 2.22. The van der Waals surface area contributed by atoms with E-state index >= 15 is 0 Å². The fraction of sp³-hybridized carbons (Fsp3) is 0.300. The lowest BCUT2D eigenvalue weighted by molar-refractivity contribution is 0.267. The molecule has 196 valence electrons. The van der Waals surface area contributed by atoms with Crippen LogP contribution in [0.25, 0.3) is 10.9 Å². The van der Waals surface area contributed by atoms with Crippen LogP contribution in [0.1, 0.15) is 61.9 Å². The van der Waals surface area contributed by atoms with E-state index in [-0.39, 0.29) is 11.5 Å². The molecule has 0 atom stereocenters. The first-order chi connectivity index (χ1) is 18.5. The van der Waals surface area contributed by atoms with E-state index in [0.717, 1.165) is 51.6 Å². The minimum Gasteiger partial charge on any atom is -0.490 e. The Labute approximate surface area is 239 Å². The number of hydrogen-bond acceptors (Lipinski definition) is 5. The molecule has 1 heterocycles. The number of benzene rings is 3. The number of ether oxygens (including phenoxy) is 2. The van der Waals surface area contributed by atoms with Crippen LogP contribution in [0.15, 0.2) is 79.5 Å². The summed E-state index contributed by atoms with van der Waals surface area (Å²) in [5, 5.41) is 5.22. The molecule has 0 spiro atoms. The molecule has 1 aromatic heterocycles. The molecule has 0 aliphatic heterocycles. The number of halogens is 2. The monoisotopic (exact) mass is 637 g/mol. The third-order valence-corrected chi connectivity index (χ3v) is 7.77. The number of rotatable bonds is 8. The molecule has 1 aliphatic rings. The van der Waals surface area contributed by atoms with Gasteiger partial charge in [-0.25, -0.2) is 4.98 Å². The summed E-state index contributed by atoms with van der Waals surface area (Å²) in [6, 6.07) is 19.4. The molecule has 0 amide bonds. The van der Waals surface area contributed by atoms with Crippen molar-refractivity contribution in [3.05, 3.63) is 96.9 Å². The summed E-state index contributed by atoms with van der Waals surface area (Å²) >= 11 is 7.13. The molecular formula is C30H29Br2N3O3. The van der Waals surface area contributed by atoms with Crippen LogP contribution in [-0.2, 0) is 6.61 Å². The summed E-state index contributed by atoms with van der Waals surface area (Å²) in [5.41, 5.74) is 2.38. The van der Waals surface area contributed by atoms with E-state index in [9.17, 15) is 4.79 Å². The Morgan fingerprint density at radius 2 is 1.82 bits per heavy atom. The summed E-state index contributed by atoms with van der Waals surface area (Å²) < 4.78 is 15.1. The Balaban J connectivity index is 1.52. The van der Waals surface area contributed by atoms with Gasteiger partial charge >= 0.3 is 0 Å². The lowest BCUT2D eigenvalue weighted by Crippen LogP contribution is -2.25. The second-order valence-corrected chi connectivity index (χ2v) is 11.1. The molecule has 5 rings (SSSR count). The van der Waals surface area contributed by atoms with E-state index in [1.165, 1.54) is 11.1 Å². The molecule has 0 saturated heterocycles. The van der Waals surface area contributed by atoms with Crippen LogP contribution in [0.5, 0.6) is 11.5 Å². The van der Waals surface area contributed by atoms with Gasteiger partial charge in [0.15, 0.2) is 11.5 Å². The van der Waals surface area contributed by atoms with Crippen LogP contribution in [-0.4, -0.2) is 22.5 Å². The van der Waals surface area contributed by atoms with E-state index in [2.05, 4.69) is 37.0 Å². The van der Waals surface area contributed by atoms with E-state index in [1.807, 2.05) is 67.6 Å². The highest BCUT2D eigenvalue weighted by molar-refractivity contribution is 9.10. The van der Waals surface area contributed by atoms with Gasteiger partial charge in [-0.1, -0.05) is 65.5 Å². The Kier molecular flexibility index (Phi) is 8.59. The predicted molar refractivity (Wildman–Crippen MR) is 159 cm³/mol. The van der Waals surface area contributed by atoms with Gasteiger partial charge in [0.1, 0.15) is 12.4 Å². The Morgan fingerprint density at radius 1 is 1.03 bits per heavy atom. The van der Waals surface area contributed by atoms with Crippen molar-refractivity contribution in [3.8, 4) is 11.5 Å². The van der Waals surface area contributed by atoms with Crippen molar-refractivity contribution in [3.63, 3.8) is 0 Å². The predicted octanol–water partition coefficient (Wildman–Crippen LogP) is 7.83. The first kappa shape index (κ1) is 26.6. The highest BCUT2D eigenvalue weighted by Crippen LogP contribution is 2.37. The third kappa shape index (κ3) is 6.02. The topological polar surface area (TPSA) is 65.7 Å². The molecule has 6 nitrogen and oxygen atoms in total. The number of nitrogens with zero attached hydrogens (tertiary/aromatic N) is 3. The van der Waals surface area contributed by atoms with Gasteiger partial charge in [-0.2, -0.15) is 9.78 Å². The summed E-state index contributed by atoms with van der Waals surface area (Å²) in [6.45, 7) is 2.85. The van der Waals surface area contributed by atoms with Gasteiger partial charge in [0, 0.05) is 10.4 Å². The molecule has 0 bridgehead atoms. The zero-order chi connectivity index (χ0) is 26.5. The SMILES string of the molecule is CCOc1cc(C=Nn2c(C3CCCCC3)nc3ccc(Br)cc3c2=O)cc(Br)c1OCc1ccccc1. The van der Waals surface area contributed by atoms with Crippen molar-refractivity contribution in [2.45, 2.75) is 51.6 Å². The number of fused-ring (bicyclic) bond motifs is 1. The molecule has 3 aromatic carbocycles. The Hall–Kier alpha value is -2.97. The summed E-state index contributed by atoms with van der Waals surface area (Å²) in [5.74, 6) is 2.18. The van der Waals surface area contributed by atoms with Crippen molar-refractivity contribution in [1.29, 1.82) is 0 Å². The quantitative estimate of drug-likeness (QED) is 0.185. The van der Waals surface area contributed by atoms with Crippen LogP contribution < -0.4 is 15.0 Å². The minimum atomic E-state index is -0.167. The largest absolute Gasteiger partial charge is 0.490 e. The maximum Gasteiger partial charge on any atom is 0.282 e. The van der Waals surface area contributed by atoms with Crippen molar-refractivity contribution in [2.75, 3.05) is 6.61 Å². The zero-order valence-electron chi connectivity index (χ0n) is 21.2. The smallest absolute Gasteiger partial charge is 0.282 e. The van der Waals surface area contributed by atoms with Crippen molar-refractivity contribution in [1.82, 2.24) is 9.66 Å². The number of aromatic nitrogens is 2. The van der Waals surface area contributed by atoms with E-state index in [1.54, 1.807) is 6.21 Å². The van der Waals surface area contributed by atoms with Crippen LogP contribution in [0.2, 0.25) is 0 Å². The van der Waals surface area contributed by atoms with Crippen molar-refractivity contribution < 1.29 is 9.47 Å². The normalized spacial score (nSPS) is 14.3. The first-order valence-electron chi connectivity index (χ1n) is 12.9. The molecule has 0 unspecified atom stereocenters. The van der Waals surface area contributed by atoms with Gasteiger partial charge in [-0.05, 0) is 77.2 Å². The zero-order valence-corrected chi connectivity index (χ0v) is 24.4. The summed E-state index contributed by atoms with van der Waals surface area (Å²) in [4.78, 5) is 18.5. The van der Waals surface area contributed by atoms with E-state index < -0.39 is 0 Å². The van der Waals surface area contributed by atoms with Crippen molar-refractivity contribution in [2.24, 2.45) is 5.10 Å². The van der Waals surface area contributed by atoms with Gasteiger partial charge in [-0.3, -0.25) is 4.79 Å². The summed E-state index contributed by atoms with van der Waals surface area (Å²) in [6.07, 6.45) is 7.20. The fourth-order valence-electron chi connectivity index (χ4n) is 4.82.